The Kier molecular flexibility index (Phi) is 3.06. The van der Waals surface area contributed by atoms with E-state index in [0.29, 0.717) is 6.04 Å². The van der Waals surface area contributed by atoms with Crippen molar-refractivity contribution in [3.63, 3.8) is 0 Å². The Morgan fingerprint density at radius 1 is 1.33 bits per heavy atom. The molecule has 0 amide bonds. The third-order valence-electron chi connectivity index (χ3n) is 3.23. The Bertz CT molecular complexity index is 331. The standard InChI is InChI=1S/C13H18FN/c1-9-7-11(8-9)15-10(2)12-5-3-4-6-13(12)14/h3-6,9-11,15H,7-8H2,1-2H3. The number of halogens is 1. The van der Waals surface area contributed by atoms with Crippen LogP contribution in [0.4, 0.5) is 4.39 Å². The van der Waals surface area contributed by atoms with Gasteiger partial charge in [-0.1, -0.05) is 25.1 Å². The Balaban J connectivity index is 1.96. The summed E-state index contributed by atoms with van der Waals surface area (Å²) in [6.45, 7) is 4.29. The lowest BCUT2D eigenvalue weighted by Gasteiger charge is -2.35. The summed E-state index contributed by atoms with van der Waals surface area (Å²) < 4.78 is 13.4. The number of nitrogens with one attached hydrogen (secondary N) is 1. The summed E-state index contributed by atoms with van der Waals surface area (Å²) in [5, 5.41) is 3.46. The van der Waals surface area contributed by atoms with Crippen LogP contribution in [-0.4, -0.2) is 6.04 Å². The molecular weight excluding hydrogens is 189 g/mol. The molecule has 82 valence electrons. The smallest absolute Gasteiger partial charge is 0.127 e. The van der Waals surface area contributed by atoms with E-state index in [4.69, 9.17) is 0 Å². The van der Waals surface area contributed by atoms with Crippen molar-refractivity contribution in [3.05, 3.63) is 35.6 Å². The molecule has 2 rings (SSSR count). The highest BCUT2D eigenvalue weighted by Gasteiger charge is 2.26. The van der Waals surface area contributed by atoms with E-state index in [1.807, 2.05) is 19.1 Å². The molecule has 2 heteroatoms. The maximum atomic E-state index is 13.4. The molecule has 0 saturated heterocycles. The molecule has 1 aliphatic rings. The average Bonchev–Trinajstić information content (AvgIpc) is 2.16. The monoisotopic (exact) mass is 207 g/mol. The molecule has 1 N–H and O–H groups in total. The van der Waals surface area contributed by atoms with Gasteiger partial charge in [-0.2, -0.15) is 0 Å². The van der Waals surface area contributed by atoms with Crippen molar-refractivity contribution in [3.8, 4) is 0 Å². The molecule has 0 bridgehead atoms. The van der Waals surface area contributed by atoms with Gasteiger partial charge in [0.15, 0.2) is 0 Å². The number of rotatable bonds is 3. The minimum absolute atomic E-state index is 0.107. The van der Waals surface area contributed by atoms with Crippen LogP contribution in [0.15, 0.2) is 24.3 Å². The zero-order valence-corrected chi connectivity index (χ0v) is 9.33. The number of benzene rings is 1. The van der Waals surface area contributed by atoms with E-state index in [1.54, 1.807) is 6.07 Å². The van der Waals surface area contributed by atoms with E-state index in [-0.39, 0.29) is 11.9 Å². The van der Waals surface area contributed by atoms with E-state index in [1.165, 1.54) is 18.9 Å². The van der Waals surface area contributed by atoms with Gasteiger partial charge in [-0.05, 0) is 31.7 Å². The highest BCUT2D eigenvalue weighted by atomic mass is 19.1. The van der Waals surface area contributed by atoms with Gasteiger partial charge in [0.2, 0.25) is 0 Å². The summed E-state index contributed by atoms with van der Waals surface area (Å²) in [4.78, 5) is 0. The minimum atomic E-state index is -0.107. The normalized spacial score (nSPS) is 27.1. The summed E-state index contributed by atoms with van der Waals surface area (Å²) in [5.41, 5.74) is 0.775. The number of hydrogen-bond donors (Lipinski definition) is 1. The molecule has 0 aliphatic heterocycles. The molecular formula is C13H18FN. The zero-order valence-electron chi connectivity index (χ0n) is 9.33. The fourth-order valence-corrected chi connectivity index (χ4v) is 2.31. The molecule has 0 aromatic heterocycles. The van der Waals surface area contributed by atoms with Crippen molar-refractivity contribution in [2.75, 3.05) is 0 Å². The average molecular weight is 207 g/mol. The second kappa shape index (κ2) is 4.31. The topological polar surface area (TPSA) is 12.0 Å². The quantitative estimate of drug-likeness (QED) is 0.802. The van der Waals surface area contributed by atoms with E-state index in [9.17, 15) is 4.39 Å². The lowest BCUT2D eigenvalue weighted by Crippen LogP contribution is -2.41. The van der Waals surface area contributed by atoms with E-state index in [2.05, 4.69) is 12.2 Å². The molecule has 1 aromatic rings. The Labute approximate surface area is 90.7 Å². The summed E-state index contributed by atoms with van der Waals surface area (Å²) in [6, 6.07) is 7.70. The van der Waals surface area contributed by atoms with Crippen molar-refractivity contribution in [2.24, 2.45) is 5.92 Å². The first-order chi connectivity index (χ1) is 7.16. The number of hydrogen-bond acceptors (Lipinski definition) is 1. The van der Waals surface area contributed by atoms with Gasteiger partial charge in [0, 0.05) is 17.6 Å². The molecule has 1 fully saturated rings. The van der Waals surface area contributed by atoms with Crippen LogP contribution in [-0.2, 0) is 0 Å². The van der Waals surface area contributed by atoms with Gasteiger partial charge in [0.25, 0.3) is 0 Å². The van der Waals surface area contributed by atoms with E-state index < -0.39 is 0 Å². The molecule has 15 heavy (non-hydrogen) atoms. The summed E-state index contributed by atoms with van der Waals surface area (Å²) in [7, 11) is 0. The predicted octanol–water partition coefficient (Wildman–Crippen LogP) is 3.27. The molecule has 1 atom stereocenters. The molecule has 1 unspecified atom stereocenters. The van der Waals surface area contributed by atoms with Gasteiger partial charge < -0.3 is 5.32 Å². The van der Waals surface area contributed by atoms with Crippen molar-refractivity contribution >= 4 is 0 Å². The summed E-state index contributed by atoms with van der Waals surface area (Å²) in [6.07, 6.45) is 2.44. The van der Waals surface area contributed by atoms with Crippen LogP contribution >= 0.6 is 0 Å². The van der Waals surface area contributed by atoms with Gasteiger partial charge in [0.05, 0.1) is 0 Å². The van der Waals surface area contributed by atoms with Gasteiger partial charge in [-0.15, -0.1) is 0 Å². The maximum Gasteiger partial charge on any atom is 0.127 e. The van der Waals surface area contributed by atoms with Gasteiger partial charge >= 0.3 is 0 Å². The molecule has 0 heterocycles. The third-order valence-corrected chi connectivity index (χ3v) is 3.23. The van der Waals surface area contributed by atoms with E-state index in [0.717, 1.165) is 11.5 Å². The van der Waals surface area contributed by atoms with Crippen LogP contribution in [0, 0.1) is 11.7 Å². The SMILES string of the molecule is CC1CC(NC(C)c2ccccc2F)C1. The largest absolute Gasteiger partial charge is 0.307 e. The van der Waals surface area contributed by atoms with Crippen LogP contribution in [0.2, 0.25) is 0 Å². The fourth-order valence-electron chi connectivity index (χ4n) is 2.31. The predicted molar refractivity (Wildman–Crippen MR) is 60.1 cm³/mol. The molecule has 1 saturated carbocycles. The summed E-state index contributed by atoms with van der Waals surface area (Å²) >= 11 is 0. The Morgan fingerprint density at radius 3 is 2.60 bits per heavy atom. The van der Waals surface area contributed by atoms with Crippen LogP contribution in [0.1, 0.15) is 38.3 Å². The lowest BCUT2D eigenvalue weighted by molar-refractivity contribution is 0.225. The molecule has 0 radical (unpaired) electrons. The molecule has 0 spiro atoms. The molecule has 1 aliphatic carbocycles. The van der Waals surface area contributed by atoms with Crippen molar-refractivity contribution in [2.45, 2.75) is 38.8 Å². The van der Waals surface area contributed by atoms with Gasteiger partial charge in [0.1, 0.15) is 5.82 Å². The van der Waals surface area contributed by atoms with Crippen LogP contribution in [0.5, 0.6) is 0 Å². The van der Waals surface area contributed by atoms with Crippen molar-refractivity contribution < 1.29 is 4.39 Å². The van der Waals surface area contributed by atoms with Gasteiger partial charge in [-0.25, -0.2) is 4.39 Å². The van der Waals surface area contributed by atoms with Crippen LogP contribution < -0.4 is 5.32 Å². The summed E-state index contributed by atoms with van der Waals surface area (Å²) in [5.74, 6) is 0.722. The molecule has 1 nitrogen and oxygen atoms in total. The first kappa shape index (κ1) is 10.6. The lowest BCUT2D eigenvalue weighted by atomic mass is 9.81. The third kappa shape index (κ3) is 2.37. The van der Waals surface area contributed by atoms with Crippen molar-refractivity contribution in [1.82, 2.24) is 5.32 Å². The second-order valence-corrected chi connectivity index (χ2v) is 4.68. The molecule has 1 aromatic carbocycles. The van der Waals surface area contributed by atoms with Crippen LogP contribution in [0.25, 0.3) is 0 Å². The highest BCUT2D eigenvalue weighted by Crippen LogP contribution is 2.29. The van der Waals surface area contributed by atoms with Crippen LogP contribution in [0.3, 0.4) is 0 Å². The zero-order chi connectivity index (χ0) is 10.8. The second-order valence-electron chi connectivity index (χ2n) is 4.68. The Morgan fingerprint density at radius 2 is 2.00 bits per heavy atom. The van der Waals surface area contributed by atoms with Crippen molar-refractivity contribution in [1.29, 1.82) is 0 Å². The fraction of sp³-hybridized carbons (Fsp3) is 0.538. The van der Waals surface area contributed by atoms with Gasteiger partial charge in [-0.3, -0.25) is 0 Å². The first-order valence-electron chi connectivity index (χ1n) is 5.67. The van der Waals surface area contributed by atoms with E-state index >= 15 is 0 Å². The maximum absolute atomic E-state index is 13.4. The Hall–Kier alpha value is -0.890. The minimum Gasteiger partial charge on any atom is -0.307 e. The highest BCUT2D eigenvalue weighted by molar-refractivity contribution is 5.20. The first-order valence-corrected chi connectivity index (χ1v) is 5.67.